The molecule has 6 fully saturated rings. The van der Waals surface area contributed by atoms with E-state index in [9.17, 15) is 0 Å². The summed E-state index contributed by atoms with van der Waals surface area (Å²) in [6.45, 7) is 6.08. The van der Waals surface area contributed by atoms with Crippen molar-refractivity contribution in [1.29, 1.82) is 0 Å². The van der Waals surface area contributed by atoms with E-state index in [1.165, 1.54) is 32.5 Å². The highest BCUT2D eigenvalue weighted by atomic mass is 15.3. The molecule has 3 atom stereocenters. The van der Waals surface area contributed by atoms with Crippen LogP contribution in [0.3, 0.4) is 0 Å². The fraction of sp³-hybridized carbons (Fsp3) is 0.741. The molecule has 176 valence electrons. The molecule has 0 amide bonds. The maximum Gasteiger partial charge on any atom is 0.144 e. The number of fused-ring (bicyclic) bond motifs is 1. The van der Waals surface area contributed by atoms with Crippen molar-refractivity contribution < 1.29 is 0 Å². The number of likely N-dealkylation sites (tertiary alicyclic amines) is 1. The van der Waals surface area contributed by atoms with Crippen LogP contribution in [0, 0.1) is 41.9 Å². The number of nitrogens with zero attached hydrogens (tertiary/aromatic N) is 5. The Bertz CT molecular complexity index is 976. The van der Waals surface area contributed by atoms with Gasteiger partial charge in [0.05, 0.1) is 23.8 Å². The van der Waals surface area contributed by atoms with E-state index in [-0.39, 0.29) is 0 Å². The number of nitrogens with one attached hydrogen (secondary N) is 1. The second kappa shape index (κ2) is 7.53. The van der Waals surface area contributed by atoms with Gasteiger partial charge in [-0.25, -0.2) is 4.98 Å². The molecule has 0 spiro atoms. The van der Waals surface area contributed by atoms with Crippen molar-refractivity contribution in [2.75, 3.05) is 25.0 Å². The lowest BCUT2D eigenvalue weighted by molar-refractivity contribution is -0.0672. The third kappa shape index (κ3) is 3.69. The van der Waals surface area contributed by atoms with E-state index in [0.717, 1.165) is 52.4 Å². The number of anilines is 1. The van der Waals surface area contributed by atoms with Crippen LogP contribution in [0.4, 0.5) is 5.82 Å². The molecule has 2 aromatic heterocycles. The summed E-state index contributed by atoms with van der Waals surface area (Å²) < 4.78 is 1.84. The maximum absolute atomic E-state index is 4.68. The zero-order valence-electron chi connectivity index (χ0n) is 20.2. The molecule has 5 aliphatic carbocycles. The molecule has 2 aromatic rings. The Hall–Kier alpha value is -1.95. The highest BCUT2D eigenvalue weighted by molar-refractivity contribution is 5.60. The van der Waals surface area contributed by atoms with Crippen LogP contribution in [0.25, 0.3) is 11.3 Å². The average Bonchev–Trinajstić information content (AvgIpc) is 3.39. The van der Waals surface area contributed by atoms with Crippen molar-refractivity contribution in [3.8, 4) is 11.3 Å². The minimum Gasteiger partial charge on any atom is -0.366 e. The predicted molar refractivity (Wildman–Crippen MR) is 130 cm³/mol. The van der Waals surface area contributed by atoms with E-state index in [1.54, 1.807) is 38.5 Å². The second-order valence-corrected chi connectivity index (χ2v) is 12.5. The highest BCUT2D eigenvalue weighted by Crippen LogP contribution is 2.60. The summed E-state index contributed by atoms with van der Waals surface area (Å²) in [7, 11) is 1.95. The van der Waals surface area contributed by atoms with E-state index >= 15 is 0 Å². The van der Waals surface area contributed by atoms with Crippen molar-refractivity contribution >= 4 is 5.82 Å². The summed E-state index contributed by atoms with van der Waals surface area (Å²) >= 11 is 0. The quantitative estimate of drug-likeness (QED) is 0.732. The van der Waals surface area contributed by atoms with Gasteiger partial charge < -0.3 is 10.2 Å². The van der Waals surface area contributed by atoms with Crippen LogP contribution < -0.4 is 5.32 Å². The first-order chi connectivity index (χ1) is 16.0. The standard InChI is InChI=1S/C27H38N6/c1-17-24(15-32(2)31-17)25-11-29-26(12-28-25)30-23-6-21-13-33(14-22(21)7-23)16-27-8-18-3-19(9-27)5-20(4-18)10-27/h11-12,15,18-23H,3-10,13-14,16H2,1-2H3,(H,29,30)/t18?,19?,20?,21-,22+,23+,27?. The van der Waals surface area contributed by atoms with Gasteiger partial charge in [0.1, 0.15) is 5.82 Å². The second-order valence-electron chi connectivity index (χ2n) is 12.5. The number of aromatic nitrogens is 4. The zero-order valence-corrected chi connectivity index (χ0v) is 20.2. The zero-order chi connectivity index (χ0) is 22.2. The van der Waals surface area contributed by atoms with Crippen LogP contribution in [0.1, 0.15) is 57.1 Å². The molecule has 33 heavy (non-hydrogen) atoms. The summed E-state index contributed by atoms with van der Waals surface area (Å²) in [5.41, 5.74) is 3.64. The van der Waals surface area contributed by atoms with Gasteiger partial charge in [0, 0.05) is 44.5 Å². The Morgan fingerprint density at radius 1 is 0.939 bits per heavy atom. The van der Waals surface area contributed by atoms with Gasteiger partial charge in [-0.05, 0) is 93.3 Å². The molecule has 6 nitrogen and oxygen atoms in total. The SMILES string of the molecule is Cc1nn(C)cc1-c1cnc(N[C@H]2C[C@@H]3CN(CC45CC6CC(CC(C6)C4)C5)C[C@@H]3C2)cn1. The topological polar surface area (TPSA) is 58.9 Å². The fourth-order valence-electron chi connectivity index (χ4n) is 9.20. The van der Waals surface area contributed by atoms with Crippen molar-refractivity contribution in [2.45, 2.75) is 64.3 Å². The molecule has 0 radical (unpaired) electrons. The highest BCUT2D eigenvalue weighted by Gasteiger charge is 2.52. The molecule has 8 rings (SSSR count). The van der Waals surface area contributed by atoms with Crippen molar-refractivity contribution in [3.63, 3.8) is 0 Å². The van der Waals surface area contributed by atoms with Crippen LogP contribution in [-0.4, -0.2) is 50.3 Å². The Kier molecular flexibility index (Phi) is 4.66. The molecule has 0 aromatic carbocycles. The molecule has 4 bridgehead atoms. The van der Waals surface area contributed by atoms with Gasteiger partial charge >= 0.3 is 0 Å². The van der Waals surface area contributed by atoms with Crippen LogP contribution in [0.15, 0.2) is 18.6 Å². The smallest absolute Gasteiger partial charge is 0.144 e. The molecular formula is C27H38N6. The first-order valence-electron chi connectivity index (χ1n) is 13.3. The minimum absolute atomic E-state index is 0.543. The van der Waals surface area contributed by atoms with Gasteiger partial charge in [-0.3, -0.25) is 9.67 Å². The van der Waals surface area contributed by atoms with Crippen molar-refractivity contribution in [1.82, 2.24) is 24.6 Å². The third-order valence-electron chi connectivity index (χ3n) is 9.84. The summed E-state index contributed by atoms with van der Waals surface area (Å²) in [5, 5.41) is 8.12. The molecule has 1 aliphatic heterocycles. The average molecular weight is 447 g/mol. The Morgan fingerprint density at radius 3 is 2.15 bits per heavy atom. The lowest BCUT2D eigenvalue weighted by atomic mass is 9.49. The first-order valence-corrected chi connectivity index (χ1v) is 13.3. The lowest BCUT2D eigenvalue weighted by Gasteiger charge is -2.57. The number of rotatable bonds is 5. The molecule has 6 heteroatoms. The summed E-state index contributed by atoms with van der Waals surface area (Å²) in [5.74, 6) is 5.85. The van der Waals surface area contributed by atoms with Gasteiger partial charge in [0.15, 0.2) is 0 Å². The maximum atomic E-state index is 4.68. The fourth-order valence-corrected chi connectivity index (χ4v) is 9.20. The summed E-state index contributed by atoms with van der Waals surface area (Å²) in [6.07, 6.45) is 17.7. The molecule has 6 aliphatic rings. The van der Waals surface area contributed by atoms with E-state index < -0.39 is 0 Å². The molecule has 3 heterocycles. The summed E-state index contributed by atoms with van der Waals surface area (Å²) in [4.78, 5) is 12.2. The third-order valence-corrected chi connectivity index (χ3v) is 9.84. The lowest BCUT2D eigenvalue weighted by Crippen LogP contribution is -2.51. The Morgan fingerprint density at radius 2 is 1.61 bits per heavy atom. The molecule has 0 unspecified atom stereocenters. The van der Waals surface area contributed by atoms with Gasteiger partial charge in [0.25, 0.3) is 0 Å². The summed E-state index contributed by atoms with van der Waals surface area (Å²) in [6, 6.07) is 0.543. The number of aryl methyl sites for hydroxylation is 2. The largest absolute Gasteiger partial charge is 0.366 e. The Labute approximate surface area is 197 Å². The van der Waals surface area contributed by atoms with Crippen LogP contribution >= 0.6 is 0 Å². The van der Waals surface area contributed by atoms with E-state index in [1.807, 2.05) is 37.2 Å². The van der Waals surface area contributed by atoms with E-state index in [4.69, 9.17) is 0 Å². The molecule has 1 saturated heterocycles. The van der Waals surface area contributed by atoms with E-state index in [0.29, 0.717) is 11.5 Å². The Balaban J connectivity index is 0.947. The predicted octanol–water partition coefficient (Wildman–Crippen LogP) is 4.52. The number of hydrogen-bond acceptors (Lipinski definition) is 5. The van der Waals surface area contributed by atoms with E-state index in [2.05, 4.69) is 25.3 Å². The van der Waals surface area contributed by atoms with Crippen LogP contribution in [-0.2, 0) is 7.05 Å². The van der Waals surface area contributed by atoms with Crippen LogP contribution in [0.2, 0.25) is 0 Å². The van der Waals surface area contributed by atoms with Gasteiger partial charge in [-0.15, -0.1) is 0 Å². The minimum atomic E-state index is 0.543. The van der Waals surface area contributed by atoms with Gasteiger partial charge in [-0.2, -0.15) is 5.10 Å². The normalized spacial score (nSPS) is 39.3. The first kappa shape index (κ1) is 20.4. The molecular weight excluding hydrogens is 408 g/mol. The number of hydrogen-bond donors (Lipinski definition) is 1. The van der Waals surface area contributed by atoms with Crippen LogP contribution in [0.5, 0.6) is 0 Å². The van der Waals surface area contributed by atoms with Crippen molar-refractivity contribution in [2.24, 2.45) is 42.1 Å². The monoisotopic (exact) mass is 446 g/mol. The molecule has 5 saturated carbocycles. The van der Waals surface area contributed by atoms with Gasteiger partial charge in [-0.1, -0.05) is 0 Å². The van der Waals surface area contributed by atoms with Gasteiger partial charge in [0.2, 0.25) is 0 Å². The van der Waals surface area contributed by atoms with Crippen molar-refractivity contribution in [3.05, 3.63) is 24.3 Å². The molecule has 1 N–H and O–H groups in total.